The highest BCUT2D eigenvalue weighted by Crippen LogP contribution is 2.32. The largest absolute Gasteiger partial charge is 0.496 e. The molecule has 0 aliphatic carbocycles. The van der Waals surface area contributed by atoms with Crippen molar-refractivity contribution in [3.8, 4) is 17.0 Å². The van der Waals surface area contributed by atoms with Gasteiger partial charge in [-0.05, 0) is 18.2 Å². The molecular weight excluding hydrogens is 512 g/mol. The molecule has 200 valence electrons. The molecule has 0 bridgehead atoms. The average molecular weight is 536 g/mol. The molecule has 14 heteroatoms. The second kappa shape index (κ2) is 10.3. The molecular formula is C25H23F2N9O3. The van der Waals surface area contributed by atoms with Crippen molar-refractivity contribution in [2.24, 2.45) is 14.1 Å². The predicted octanol–water partition coefficient (Wildman–Crippen LogP) is 2.99. The van der Waals surface area contributed by atoms with E-state index in [9.17, 15) is 18.4 Å². The van der Waals surface area contributed by atoms with Gasteiger partial charge in [-0.15, -0.1) is 0 Å². The molecule has 4 heterocycles. The van der Waals surface area contributed by atoms with Crippen LogP contribution in [0.15, 0.2) is 55.1 Å². The number of para-hydroxylation sites is 1. The molecule has 0 radical (unpaired) electrons. The Bertz CT molecular complexity index is 1690. The van der Waals surface area contributed by atoms with Crippen LogP contribution in [-0.4, -0.2) is 53.1 Å². The van der Waals surface area contributed by atoms with Crippen molar-refractivity contribution < 1.29 is 23.1 Å². The maximum atomic E-state index is 14.0. The SMILES string of the molecule is COc1ccccc1-c1cc(C(F)F)n2ncc(C(=O)Nc3cnn(C)c3C(=O)NCc3cnn(C)c3)c2n1. The van der Waals surface area contributed by atoms with E-state index in [1.807, 2.05) is 0 Å². The lowest BCUT2D eigenvalue weighted by Gasteiger charge is -2.11. The Labute approximate surface area is 220 Å². The van der Waals surface area contributed by atoms with Crippen LogP contribution >= 0.6 is 0 Å². The molecule has 0 saturated heterocycles. The van der Waals surface area contributed by atoms with Crippen molar-refractivity contribution in [1.82, 2.24) is 39.5 Å². The number of rotatable bonds is 8. The molecule has 0 unspecified atom stereocenters. The Balaban J connectivity index is 1.47. The van der Waals surface area contributed by atoms with Crippen LogP contribution in [0.25, 0.3) is 16.9 Å². The molecule has 0 atom stereocenters. The number of methoxy groups -OCH3 is 1. The molecule has 5 aromatic rings. The Morgan fingerprint density at radius 1 is 1.05 bits per heavy atom. The van der Waals surface area contributed by atoms with Gasteiger partial charge in [-0.25, -0.2) is 18.3 Å². The smallest absolute Gasteiger partial charge is 0.280 e. The quantitative estimate of drug-likeness (QED) is 0.312. The minimum Gasteiger partial charge on any atom is -0.496 e. The van der Waals surface area contributed by atoms with Gasteiger partial charge >= 0.3 is 0 Å². The van der Waals surface area contributed by atoms with E-state index in [0.29, 0.717) is 11.3 Å². The lowest BCUT2D eigenvalue weighted by atomic mass is 10.1. The summed E-state index contributed by atoms with van der Waals surface area (Å²) in [6.45, 7) is 0.214. The van der Waals surface area contributed by atoms with E-state index in [1.54, 1.807) is 55.4 Å². The Kier molecular flexibility index (Phi) is 6.75. The zero-order valence-corrected chi connectivity index (χ0v) is 21.1. The van der Waals surface area contributed by atoms with E-state index in [2.05, 4.69) is 30.9 Å². The number of ether oxygens (including phenoxy) is 1. The number of aryl methyl sites for hydroxylation is 2. The second-order valence-corrected chi connectivity index (χ2v) is 8.55. The fourth-order valence-corrected chi connectivity index (χ4v) is 4.11. The summed E-state index contributed by atoms with van der Waals surface area (Å²) in [5, 5.41) is 17.5. The number of alkyl halides is 2. The summed E-state index contributed by atoms with van der Waals surface area (Å²) in [4.78, 5) is 30.7. The molecule has 5 rings (SSSR count). The summed E-state index contributed by atoms with van der Waals surface area (Å²) in [5.41, 5.74) is 1.06. The first kappa shape index (κ1) is 25.5. The van der Waals surface area contributed by atoms with E-state index in [0.717, 1.165) is 16.3 Å². The second-order valence-electron chi connectivity index (χ2n) is 8.55. The maximum absolute atomic E-state index is 14.0. The van der Waals surface area contributed by atoms with Crippen molar-refractivity contribution in [3.63, 3.8) is 0 Å². The van der Waals surface area contributed by atoms with Crippen molar-refractivity contribution in [3.05, 3.63) is 77.6 Å². The maximum Gasteiger partial charge on any atom is 0.280 e. The van der Waals surface area contributed by atoms with E-state index in [-0.39, 0.29) is 34.8 Å². The number of amides is 2. The molecule has 0 saturated carbocycles. The molecule has 0 aliphatic heterocycles. The number of nitrogens with one attached hydrogen (secondary N) is 2. The first-order valence-electron chi connectivity index (χ1n) is 11.7. The van der Waals surface area contributed by atoms with Crippen LogP contribution in [0, 0.1) is 0 Å². The highest BCUT2D eigenvalue weighted by atomic mass is 19.3. The van der Waals surface area contributed by atoms with Crippen LogP contribution in [0.2, 0.25) is 0 Å². The zero-order valence-electron chi connectivity index (χ0n) is 21.1. The van der Waals surface area contributed by atoms with E-state index in [1.165, 1.54) is 24.1 Å². The number of carbonyl (C=O) groups excluding carboxylic acids is 2. The van der Waals surface area contributed by atoms with Crippen LogP contribution in [0.5, 0.6) is 5.75 Å². The van der Waals surface area contributed by atoms with Crippen LogP contribution < -0.4 is 15.4 Å². The molecule has 0 aliphatic rings. The number of anilines is 1. The highest BCUT2D eigenvalue weighted by Gasteiger charge is 2.25. The number of nitrogens with zero attached hydrogens (tertiary/aromatic N) is 7. The van der Waals surface area contributed by atoms with Crippen LogP contribution in [-0.2, 0) is 20.6 Å². The van der Waals surface area contributed by atoms with Gasteiger partial charge in [0.1, 0.15) is 22.7 Å². The third-order valence-electron chi connectivity index (χ3n) is 5.96. The Morgan fingerprint density at radius 2 is 1.85 bits per heavy atom. The topological polar surface area (TPSA) is 133 Å². The van der Waals surface area contributed by atoms with Crippen molar-refractivity contribution in [2.75, 3.05) is 12.4 Å². The Morgan fingerprint density at radius 3 is 2.56 bits per heavy atom. The van der Waals surface area contributed by atoms with Crippen molar-refractivity contribution in [2.45, 2.75) is 13.0 Å². The monoisotopic (exact) mass is 535 g/mol. The number of halogens is 2. The summed E-state index contributed by atoms with van der Waals surface area (Å²) < 4.78 is 37.2. The molecule has 0 fully saturated rings. The van der Waals surface area contributed by atoms with Crippen LogP contribution in [0.1, 0.15) is 38.5 Å². The first-order chi connectivity index (χ1) is 18.8. The fourth-order valence-electron chi connectivity index (χ4n) is 4.11. The van der Waals surface area contributed by atoms with Gasteiger partial charge < -0.3 is 15.4 Å². The minimum atomic E-state index is -2.90. The van der Waals surface area contributed by atoms with Gasteiger partial charge in [-0.2, -0.15) is 15.3 Å². The lowest BCUT2D eigenvalue weighted by molar-refractivity contribution is 0.0942. The first-order valence-corrected chi connectivity index (χ1v) is 11.7. The molecule has 0 spiro atoms. The third kappa shape index (κ3) is 4.91. The van der Waals surface area contributed by atoms with E-state index in [4.69, 9.17) is 4.74 Å². The molecule has 2 amide bonds. The number of carbonyl (C=O) groups is 2. The standard InChI is InChI=1S/C25H23F2N9O3/c1-34-13-14(10-29-34)9-28-25(38)21-18(12-30-35(21)2)33-24(37)16-11-31-36-19(22(26)27)8-17(32-23(16)36)15-6-4-5-7-20(15)39-3/h4-8,10-13,22H,9H2,1-3H3,(H,28,38)(H,33,37). The summed E-state index contributed by atoms with van der Waals surface area (Å²) >= 11 is 0. The number of fused-ring (bicyclic) bond motifs is 1. The molecule has 2 N–H and O–H groups in total. The van der Waals surface area contributed by atoms with Gasteiger partial charge in [0.2, 0.25) is 0 Å². The summed E-state index contributed by atoms with van der Waals surface area (Å²) in [7, 11) is 4.78. The summed E-state index contributed by atoms with van der Waals surface area (Å²) in [6, 6.07) is 8.02. The third-order valence-corrected chi connectivity index (χ3v) is 5.96. The van der Waals surface area contributed by atoms with Crippen LogP contribution in [0.4, 0.5) is 14.5 Å². The summed E-state index contributed by atoms with van der Waals surface area (Å²) in [6.07, 6.45) is 2.96. The predicted molar refractivity (Wildman–Crippen MR) is 135 cm³/mol. The van der Waals surface area contributed by atoms with Gasteiger partial charge in [0.15, 0.2) is 5.65 Å². The molecule has 1 aromatic carbocycles. The highest BCUT2D eigenvalue weighted by molar-refractivity contribution is 6.11. The van der Waals surface area contributed by atoms with Gasteiger partial charge in [0, 0.05) is 38.0 Å². The van der Waals surface area contributed by atoms with Gasteiger partial charge in [0.25, 0.3) is 18.2 Å². The number of benzene rings is 1. The minimum absolute atomic E-state index is 0.0702. The molecule has 12 nitrogen and oxygen atoms in total. The number of aromatic nitrogens is 7. The van der Waals surface area contributed by atoms with E-state index < -0.39 is 23.9 Å². The van der Waals surface area contributed by atoms with E-state index >= 15 is 0 Å². The fraction of sp³-hybridized carbons (Fsp3) is 0.200. The van der Waals surface area contributed by atoms with Gasteiger partial charge in [-0.3, -0.25) is 19.0 Å². The molecule has 39 heavy (non-hydrogen) atoms. The van der Waals surface area contributed by atoms with Crippen molar-refractivity contribution >= 4 is 23.1 Å². The Hall–Kier alpha value is -5.14. The van der Waals surface area contributed by atoms with Crippen LogP contribution in [0.3, 0.4) is 0 Å². The van der Waals surface area contributed by atoms with Gasteiger partial charge in [0.05, 0.1) is 37.1 Å². The molecule has 4 aromatic heterocycles. The summed E-state index contributed by atoms with van der Waals surface area (Å²) in [5.74, 6) is -0.757. The lowest BCUT2D eigenvalue weighted by Crippen LogP contribution is -2.26. The normalized spacial score (nSPS) is 11.2. The van der Waals surface area contributed by atoms with Gasteiger partial charge in [-0.1, -0.05) is 12.1 Å². The van der Waals surface area contributed by atoms with Crippen molar-refractivity contribution in [1.29, 1.82) is 0 Å². The zero-order chi connectivity index (χ0) is 27.7. The number of hydrogen-bond donors (Lipinski definition) is 2. The number of hydrogen-bond acceptors (Lipinski definition) is 7. The average Bonchev–Trinajstić information content (AvgIpc) is 3.64.